The molecule has 0 aliphatic heterocycles. The summed E-state index contributed by atoms with van der Waals surface area (Å²) >= 11 is 0. The van der Waals surface area contributed by atoms with Crippen LogP contribution in [0.5, 0.6) is 5.75 Å². The Morgan fingerprint density at radius 3 is 2.67 bits per heavy atom. The van der Waals surface area contributed by atoms with E-state index in [2.05, 4.69) is 5.32 Å². The van der Waals surface area contributed by atoms with Crippen LogP contribution in [0.15, 0.2) is 48.5 Å². The van der Waals surface area contributed by atoms with Crippen LogP contribution in [0.25, 0.3) is 0 Å². The zero-order valence-corrected chi connectivity index (χ0v) is 11.3. The summed E-state index contributed by atoms with van der Waals surface area (Å²) in [4.78, 5) is 10.2. The van der Waals surface area contributed by atoms with Crippen LogP contribution >= 0.6 is 0 Å². The van der Waals surface area contributed by atoms with E-state index in [1.807, 2.05) is 30.3 Å². The van der Waals surface area contributed by atoms with Crippen molar-refractivity contribution in [2.24, 2.45) is 0 Å². The fraction of sp³-hybridized carbons (Fsp3) is 0.188. The molecule has 5 heteroatoms. The van der Waals surface area contributed by atoms with Crippen molar-refractivity contribution in [2.75, 3.05) is 6.54 Å². The van der Waals surface area contributed by atoms with Crippen molar-refractivity contribution in [2.45, 2.75) is 12.7 Å². The second kappa shape index (κ2) is 7.40. The van der Waals surface area contributed by atoms with Gasteiger partial charge < -0.3 is 15.2 Å². The third-order valence-corrected chi connectivity index (χ3v) is 2.98. The minimum atomic E-state index is -1.12. The lowest BCUT2D eigenvalue weighted by atomic mass is 10.1. The van der Waals surface area contributed by atoms with Crippen LogP contribution < -0.4 is 10.1 Å². The number of benzene rings is 2. The van der Waals surface area contributed by atoms with Gasteiger partial charge in [-0.05, 0) is 11.6 Å². The lowest BCUT2D eigenvalue weighted by Gasteiger charge is -2.14. The van der Waals surface area contributed by atoms with E-state index < -0.39 is 11.9 Å². The summed E-state index contributed by atoms with van der Waals surface area (Å²) in [7, 11) is 0. The van der Waals surface area contributed by atoms with Gasteiger partial charge in [-0.1, -0.05) is 42.5 Å². The van der Waals surface area contributed by atoms with Crippen molar-refractivity contribution in [1.29, 1.82) is 0 Å². The van der Waals surface area contributed by atoms with E-state index in [9.17, 15) is 14.3 Å². The molecular formula is C16H16FNO3. The van der Waals surface area contributed by atoms with E-state index in [0.29, 0.717) is 6.41 Å². The number of hydrogen-bond donors (Lipinski definition) is 2. The van der Waals surface area contributed by atoms with Gasteiger partial charge in [0.15, 0.2) is 11.6 Å². The first-order chi connectivity index (χ1) is 10.2. The van der Waals surface area contributed by atoms with E-state index in [0.717, 1.165) is 5.56 Å². The molecule has 110 valence electrons. The Labute approximate surface area is 122 Å². The van der Waals surface area contributed by atoms with Crippen molar-refractivity contribution in [3.63, 3.8) is 0 Å². The van der Waals surface area contributed by atoms with Crippen LogP contribution in [0.2, 0.25) is 0 Å². The summed E-state index contributed by atoms with van der Waals surface area (Å²) in [5, 5.41) is 12.1. The minimum Gasteiger partial charge on any atom is -0.486 e. The van der Waals surface area contributed by atoms with Crippen LogP contribution in [0, 0.1) is 5.82 Å². The van der Waals surface area contributed by atoms with Crippen molar-refractivity contribution >= 4 is 6.41 Å². The maximum Gasteiger partial charge on any atom is 0.207 e. The number of halogens is 1. The molecular weight excluding hydrogens is 273 g/mol. The van der Waals surface area contributed by atoms with Gasteiger partial charge in [0.2, 0.25) is 6.41 Å². The maximum atomic E-state index is 14.3. The zero-order valence-electron chi connectivity index (χ0n) is 11.3. The van der Waals surface area contributed by atoms with Crippen LogP contribution in [0.1, 0.15) is 17.2 Å². The Morgan fingerprint density at radius 1 is 1.19 bits per heavy atom. The van der Waals surface area contributed by atoms with E-state index in [1.165, 1.54) is 12.1 Å². The molecule has 0 bridgehead atoms. The van der Waals surface area contributed by atoms with E-state index in [-0.39, 0.29) is 24.5 Å². The highest BCUT2D eigenvalue weighted by atomic mass is 19.1. The fourth-order valence-corrected chi connectivity index (χ4v) is 1.90. The largest absolute Gasteiger partial charge is 0.486 e. The molecule has 4 nitrogen and oxygen atoms in total. The minimum absolute atomic E-state index is 0.0530. The molecule has 0 aliphatic carbocycles. The number of nitrogens with one attached hydrogen (secondary N) is 1. The number of aliphatic hydroxyl groups is 1. The van der Waals surface area contributed by atoms with Gasteiger partial charge in [-0.25, -0.2) is 4.39 Å². The Balaban J connectivity index is 2.08. The molecule has 2 aromatic carbocycles. The first kappa shape index (κ1) is 15.0. The average molecular weight is 289 g/mol. The fourth-order valence-electron chi connectivity index (χ4n) is 1.90. The second-order valence-corrected chi connectivity index (χ2v) is 4.48. The predicted octanol–water partition coefficient (Wildman–Crippen LogP) is 2.18. The summed E-state index contributed by atoms with van der Waals surface area (Å²) in [6.07, 6.45) is -0.660. The number of aliphatic hydroxyl groups excluding tert-OH is 1. The molecule has 1 atom stereocenters. The van der Waals surface area contributed by atoms with Gasteiger partial charge in [0, 0.05) is 12.1 Å². The van der Waals surface area contributed by atoms with Crippen molar-refractivity contribution in [3.8, 4) is 5.75 Å². The first-order valence-electron chi connectivity index (χ1n) is 6.52. The number of rotatable bonds is 7. The van der Waals surface area contributed by atoms with Gasteiger partial charge in [0.25, 0.3) is 0 Å². The molecule has 0 radical (unpaired) electrons. The van der Waals surface area contributed by atoms with Gasteiger partial charge in [-0.2, -0.15) is 0 Å². The average Bonchev–Trinajstić information content (AvgIpc) is 2.52. The van der Waals surface area contributed by atoms with Crippen LogP contribution in [-0.2, 0) is 11.4 Å². The highest BCUT2D eigenvalue weighted by Crippen LogP contribution is 2.25. The van der Waals surface area contributed by atoms with Crippen LogP contribution in [-0.4, -0.2) is 18.1 Å². The number of amides is 1. The molecule has 0 fully saturated rings. The normalized spacial score (nSPS) is 11.7. The summed E-state index contributed by atoms with van der Waals surface area (Å²) in [6.45, 7) is 0.187. The smallest absolute Gasteiger partial charge is 0.207 e. The summed E-state index contributed by atoms with van der Waals surface area (Å²) < 4.78 is 19.7. The molecule has 21 heavy (non-hydrogen) atoms. The number of carbonyl (C=O) groups is 1. The molecule has 0 aromatic heterocycles. The molecule has 2 aromatic rings. The molecule has 1 unspecified atom stereocenters. The number of ether oxygens (including phenoxy) is 1. The lowest BCUT2D eigenvalue weighted by Crippen LogP contribution is -2.20. The summed E-state index contributed by atoms with van der Waals surface area (Å²) in [5.74, 6) is -0.546. The van der Waals surface area contributed by atoms with Gasteiger partial charge in [-0.15, -0.1) is 0 Å². The zero-order chi connectivity index (χ0) is 15.1. The van der Waals surface area contributed by atoms with Gasteiger partial charge >= 0.3 is 0 Å². The molecule has 0 spiro atoms. The maximum absolute atomic E-state index is 14.3. The molecule has 0 saturated carbocycles. The molecule has 2 N–H and O–H groups in total. The quantitative estimate of drug-likeness (QED) is 0.768. The third kappa shape index (κ3) is 4.03. The molecule has 0 saturated heterocycles. The van der Waals surface area contributed by atoms with E-state index >= 15 is 0 Å². The van der Waals surface area contributed by atoms with Crippen molar-refractivity contribution in [3.05, 3.63) is 65.5 Å². The van der Waals surface area contributed by atoms with Crippen molar-refractivity contribution < 1.29 is 19.0 Å². The third-order valence-electron chi connectivity index (χ3n) is 2.98. The van der Waals surface area contributed by atoms with Gasteiger partial charge in [0.1, 0.15) is 6.61 Å². The highest BCUT2D eigenvalue weighted by Gasteiger charge is 2.16. The predicted molar refractivity (Wildman–Crippen MR) is 76.2 cm³/mol. The summed E-state index contributed by atoms with van der Waals surface area (Å²) in [6, 6.07) is 14.0. The number of hydrogen-bond acceptors (Lipinski definition) is 3. The monoisotopic (exact) mass is 289 g/mol. The Bertz CT molecular complexity index is 589. The summed E-state index contributed by atoms with van der Waals surface area (Å²) in [5.41, 5.74) is 1.01. The highest BCUT2D eigenvalue weighted by molar-refractivity contribution is 5.46. The van der Waals surface area contributed by atoms with E-state index in [1.54, 1.807) is 6.07 Å². The van der Waals surface area contributed by atoms with E-state index in [4.69, 9.17) is 4.74 Å². The topological polar surface area (TPSA) is 58.6 Å². The Hall–Kier alpha value is -2.40. The molecule has 0 aliphatic rings. The molecule has 1 amide bonds. The Kier molecular flexibility index (Phi) is 5.29. The molecule has 2 rings (SSSR count). The van der Waals surface area contributed by atoms with Gasteiger partial charge in [0.05, 0.1) is 6.10 Å². The van der Waals surface area contributed by atoms with Gasteiger partial charge in [-0.3, -0.25) is 4.79 Å². The van der Waals surface area contributed by atoms with Crippen molar-refractivity contribution in [1.82, 2.24) is 5.32 Å². The number of carbonyl (C=O) groups excluding carboxylic acids is 1. The molecule has 0 heterocycles. The lowest BCUT2D eigenvalue weighted by molar-refractivity contribution is -0.110. The second-order valence-electron chi connectivity index (χ2n) is 4.48. The SMILES string of the molecule is O=CNCC(O)c1cccc(OCc2ccccc2)c1F. The van der Waals surface area contributed by atoms with Crippen LogP contribution in [0.3, 0.4) is 0 Å². The standard InChI is InChI=1S/C16H16FNO3/c17-16-13(14(20)9-18-11-19)7-4-8-15(16)21-10-12-5-2-1-3-6-12/h1-8,11,14,20H,9-10H2,(H,18,19). The Morgan fingerprint density at radius 2 is 1.95 bits per heavy atom. The van der Waals surface area contributed by atoms with Crippen LogP contribution in [0.4, 0.5) is 4.39 Å². The first-order valence-corrected chi connectivity index (χ1v) is 6.52.